The van der Waals surface area contributed by atoms with E-state index in [0.717, 1.165) is 16.2 Å². The predicted octanol–water partition coefficient (Wildman–Crippen LogP) is 2.99. The summed E-state index contributed by atoms with van der Waals surface area (Å²) in [6, 6.07) is 6.73. The highest BCUT2D eigenvalue weighted by Gasteiger charge is 2.18. The molecule has 0 saturated carbocycles. The van der Waals surface area contributed by atoms with Crippen LogP contribution in [0.1, 0.15) is 14.5 Å². The van der Waals surface area contributed by atoms with Gasteiger partial charge in [0.15, 0.2) is 0 Å². The standard InChI is InChI=1S/C11H10N2O3S2/c1-12(7-8-3-2-6-17-8)11(14)9-4-5-10(18-9)13(15)16/h2-6H,7H2,1H3. The fourth-order valence-electron chi connectivity index (χ4n) is 1.44. The van der Waals surface area contributed by atoms with E-state index in [9.17, 15) is 14.9 Å². The minimum Gasteiger partial charge on any atom is -0.336 e. The first-order chi connectivity index (χ1) is 8.58. The molecule has 0 N–H and O–H groups in total. The van der Waals surface area contributed by atoms with Crippen LogP contribution in [-0.4, -0.2) is 22.8 Å². The predicted molar refractivity (Wildman–Crippen MR) is 71.1 cm³/mol. The van der Waals surface area contributed by atoms with E-state index in [1.807, 2.05) is 17.5 Å². The maximum atomic E-state index is 12.0. The van der Waals surface area contributed by atoms with Gasteiger partial charge >= 0.3 is 5.00 Å². The Morgan fingerprint density at radius 1 is 1.44 bits per heavy atom. The van der Waals surface area contributed by atoms with Crippen LogP contribution in [0.25, 0.3) is 0 Å². The first-order valence-electron chi connectivity index (χ1n) is 5.10. The zero-order chi connectivity index (χ0) is 13.1. The lowest BCUT2D eigenvalue weighted by Crippen LogP contribution is -2.24. The molecule has 94 valence electrons. The molecule has 0 aliphatic carbocycles. The molecule has 2 heterocycles. The van der Waals surface area contributed by atoms with Crippen molar-refractivity contribution < 1.29 is 9.72 Å². The van der Waals surface area contributed by atoms with E-state index in [2.05, 4.69) is 0 Å². The van der Waals surface area contributed by atoms with E-state index in [0.29, 0.717) is 11.4 Å². The lowest BCUT2D eigenvalue weighted by Gasteiger charge is -2.14. The van der Waals surface area contributed by atoms with Crippen LogP contribution in [0.2, 0.25) is 0 Å². The summed E-state index contributed by atoms with van der Waals surface area (Å²) in [4.78, 5) is 25.1. The second-order valence-corrected chi connectivity index (χ2v) is 5.73. The number of nitrogens with zero attached hydrogens (tertiary/aromatic N) is 2. The normalized spacial score (nSPS) is 10.3. The number of carbonyl (C=O) groups is 1. The lowest BCUT2D eigenvalue weighted by molar-refractivity contribution is -0.380. The van der Waals surface area contributed by atoms with Gasteiger partial charge in [0.1, 0.15) is 0 Å². The van der Waals surface area contributed by atoms with Gasteiger partial charge in [0.25, 0.3) is 5.91 Å². The molecule has 0 spiro atoms. The Balaban J connectivity index is 2.08. The zero-order valence-corrected chi connectivity index (χ0v) is 11.2. The quantitative estimate of drug-likeness (QED) is 0.639. The molecule has 2 aromatic rings. The SMILES string of the molecule is CN(Cc1cccs1)C(=O)c1ccc([N+](=O)[O-])s1. The summed E-state index contributed by atoms with van der Waals surface area (Å²) >= 11 is 2.48. The molecular formula is C11H10N2O3S2. The van der Waals surface area contributed by atoms with Gasteiger partial charge in [-0.05, 0) is 17.5 Å². The van der Waals surface area contributed by atoms with E-state index in [-0.39, 0.29) is 10.9 Å². The lowest BCUT2D eigenvalue weighted by atomic mass is 10.4. The zero-order valence-electron chi connectivity index (χ0n) is 9.53. The molecule has 0 aromatic carbocycles. The third-order valence-electron chi connectivity index (χ3n) is 2.30. The fourth-order valence-corrected chi connectivity index (χ4v) is 3.01. The smallest absolute Gasteiger partial charge is 0.324 e. The van der Waals surface area contributed by atoms with Crippen LogP contribution in [0.15, 0.2) is 29.6 Å². The highest BCUT2D eigenvalue weighted by molar-refractivity contribution is 7.17. The van der Waals surface area contributed by atoms with Crippen molar-refractivity contribution in [3.63, 3.8) is 0 Å². The van der Waals surface area contributed by atoms with Crippen molar-refractivity contribution in [2.75, 3.05) is 7.05 Å². The van der Waals surface area contributed by atoms with E-state index in [1.54, 1.807) is 23.3 Å². The molecule has 2 rings (SSSR count). The first kappa shape index (κ1) is 12.7. The second kappa shape index (κ2) is 5.28. The van der Waals surface area contributed by atoms with Gasteiger partial charge in [-0.3, -0.25) is 14.9 Å². The van der Waals surface area contributed by atoms with Crippen LogP contribution in [0.4, 0.5) is 5.00 Å². The topological polar surface area (TPSA) is 63.5 Å². The molecule has 0 unspecified atom stereocenters. The molecular weight excluding hydrogens is 272 g/mol. The van der Waals surface area contributed by atoms with Crippen LogP contribution < -0.4 is 0 Å². The van der Waals surface area contributed by atoms with E-state index >= 15 is 0 Å². The van der Waals surface area contributed by atoms with E-state index in [1.165, 1.54) is 12.1 Å². The average molecular weight is 282 g/mol. The molecule has 0 aliphatic rings. The van der Waals surface area contributed by atoms with Crippen LogP contribution in [-0.2, 0) is 6.54 Å². The van der Waals surface area contributed by atoms with E-state index < -0.39 is 4.92 Å². The largest absolute Gasteiger partial charge is 0.336 e. The van der Waals surface area contributed by atoms with Crippen molar-refractivity contribution in [3.8, 4) is 0 Å². The fraction of sp³-hybridized carbons (Fsp3) is 0.182. The summed E-state index contributed by atoms with van der Waals surface area (Å²) in [5.41, 5.74) is 0. The van der Waals surface area contributed by atoms with Crippen molar-refractivity contribution in [2.45, 2.75) is 6.54 Å². The number of thiophene rings is 2. The minimum atomic E-state index is -0.485. The Bertz CT molecular complexity index is 563. The van der Waals surface area contributed by atoms with Crippen LogP contribution in [0.5, 0.6) is 0 Å². The van der Waals surface area contributed by atoms with Crippen molar-refractivity contribution in [1.82, 2.24) is 4.90 Å². The Kier molecular flexibility index (Phi) is 3.73. The van der Waals surface area contributed by atoms with Gasteiger partial charge in [-0.2, -0.15) is 0 Å². The summed E-state index contributed by atoms with van der Waals surface area (Å²) < 4.78 is 0. The van der Waals surface area contributed by atoms with Crippen molar-refractivity contribution in [2.24, 2.45) is 0 Å². The van der Waals surface area contributed by atoms with Gasteiger partial charge in [0.2, 0.25) is 0 Å². The summed E-state index contributed by atoms with van der Waals surface area (Å²) in [6.07, 6.45) is 0. The number of hydrogen-bond acceptors (Lipinski definition) is 5. The molecule has 0 bridgehead atoms. The van der Waals surface area contributed by atoms with Crippen LogP contribution >= 0.6 is 22.7 Å². The second-order valence-electron chi connectivity index (χ2n) is 3.64. The molecule has 0 atom stereocenters. The first-order valence-corrected chi connectivity index (χ1v) is 6.79. The maximum Gasteiger partial charge on any atom is 0.324 e. The highest BCUT2D eigenvalue weighted by Crippen LogP contribution is 2.25. The Hall–Kier alpha value is -1.73. The summed E-state index contributed by atoms with van der Waals surface area (Å²) in [7, 11) is 1.69. The van der Waals surface area contributed by atoms with E-state index in [4.69, 9.17) is 0 Å². The molecule has 2 aromatic heterocycles. The molecule has 1 amide bonds. The Labute approximate surface area is 111 Å². The third-order valence-corrected chi connectivity index (χ3v) is 4.19. The molecule has 0 saturated heterocycles. The van der Waals surface area contributed by atoms with Gasteiger partial charge in [0.05, 0.1) is 16.3 Å². The average Bonchev–Trinajstić information content (AvgIpc) is 2.98. The third kappa shape index (κ3) is 2.74. The molecule has 7 heteroatoms. The number of nitro groups is 1. The number of hydrogen-bond donors (Lipinski definition) is 0. The maximum absolute atomic E-state index is 12.0. The van der Waals surface area contributed by atoms with Gasteiger partial charge in [-0.25, -0.2) is 0 Å². The van der Waals surface area contributed by atoms with Gasteiger partial charge in [-0.15, -0.1) is 11.3 Å². The monoisotopic (exact) mass is 282 g/mol. The molecule has 0 radical (unpaired) electrons. The van der Waals surface area contributed by atoms with Crippen molar-refractivity contribution >= 4 is 33.6 Å². The summed E-state index contributed by atoms with van der Waals surface area (Å²) in [5, 5.41) is 12.5. The number of amides is 1. The van der Waals surface area contributed by atoms with Crippen molar-refractivity contribution in [1.29, 1.82) is 0 Å². The number of carbonyl (C=O) groups excluding carboxylic acids is 1. The summed E-state index contributed by atoms with van der Waals surface area (Å²) in [5.74, 6) is -0.193. The summed E-state index contributed by atoms with van der Waals surface area (Å²) in [6.45, 7) is 0.516. The van der Waals surface area contributed by atoms with Crippen LogP contribution in [0.3, 0.4) is 0 Å². The molecule has 0 aliphatic heterocycles. The number of rotatable bonds is 4. The molecule has 18 heavy (non-hydrogen) atoms. The Morgan fingerprint density at radius 2 is 2.22 bits per heavy atom. The molecule has 0 fully saturated rings. The van der Waals surface area contributed by atoms with Gasteiger partial charge < -0.3 is 4.90 Å². The van der Waals surface area contributed by atoms with Gasteiger partial charge in [-0.1, -0.05) is 17.4 Å². The minimum absolute atomic E-state index is 0.0112. The van der Waals surface area contributed by atoms with Crippen LogP contribution in [0, 0.1) is 10.1 Å². The Morgan fingerprint density at radius 3 is 2.78 bits per heavy atom. The molecule has 5 nitrogen and oxygen atoms in total. The van der Waals surface area contributed by atoms with Crippen molar-refractivity contribution in [3.05, 3.63) is 49.5 Å². The highest BCUT2D eigenvalue weighted by atomic mass is 32.1. The van der Waals surface area contributed by atoms with Gasteiger partial charge in [0, 0.05) is 18.0 Å².